The van der Waals surface area contributed by atoms with Gasteiger partial charge in [-0.1, -0.05) is 29.8 Å². The number of amides is 1. The summed E-state index contributed by atoms with van der Waals surface area (Å²) in [7, 11) is 0. The summed E-state index contributed by atoms with van der Waals surface area (Å²) in [5, 5.41) is 2.87. The van der Waals surface area contributed by atoms with Gasteiger partial charge in [-0.15, -0.1) is 0 Å². The molecule has 0 aromatic heterocycles. The maximum Gasteiger partial charge on any atom is 0.252 e. The number of carbonyl (C=O) groups is 1. The number of hydrogen-bond donors (Lipinski definition) is 1. The van der Waals surface area contributed by atoms with Crippen LogP contribution in [0.15, 0.2) is 42.5 Å². The summed E-state index contributed by atoms with van der Waals surface area (Å²) in [6, 6.07) is 13.6. The minimum atomic E-state index is -0.0655. The van der Waals surface area contributed by atoms with Crippen LogP contribution in [0.5, 0.6) is 5.75 Å². The second-order valence-electron chi connectivity index (χ2n) is 4.85. The first-order chi connectivity index (χ1) is 10.1. The number of nitrogens with one attached hydrogen (secondary N) is 1. The highest BCUT2D eigenvalue weighted by molar-refractivity contribution is 14.1. The molecule has 2 aromatic carbocycles. The van der Waals surface area contributed by atoms with Crippen molar-refractivity contribution in [2.75, 3.05) is 13.2 Å². The monoisotopic (exact) mass is 395 g/mol. The molecule has 0 spiro atoms. The van der Waals surface area contributed by atoms with Gasteiger partial charge in [0.05, 0.1) is 12.1 Å². The Hall–Kier alpha value is -1.56. The van der Waals surface area contributed by atoms with Crippen molar-refractivity contribution < 1.29 is 9.53 Å². The van der Waals surface area contributed by atoms with Crippen molar-refractivity contribution in [1.82, 2.24) is 5.32 Å². The molecular weight excluding hydrogens is 377 g/mol. The largest absolute Gasteiger partial charge is 0.491 e. The molecule has 3 nitrogen and oxygen atoms in total. The van der Waals surface area contributed by atoms with Gasteiger partial charge in [-0.2, -0.15) is 0 Å². The molecule has 0 radical (unpaired) electrons. The number of hydrogen-bond acceptors (Lipinski definition) is 2. The predicted octanol–water partition coefficient (Wildman–Crippen LogP) is 3.72. The zero-order valence-electron chi connectivity index (χ0n) is 12.2. The van der Waals surface area contributed by atoms with E-state index in [0.717, 1.165) is 14.9 Å². The highest BCUT2D eigenvalue weighted by Gasteiger charge is 2.08. The molecule has 1 amide bonds. The molecule has 0 bridgehead atoms. The zero-order valence-corrected chi connectivity index (χ0v) is 14.3. The third kappa shape index (κ3) is 4.46. The van der Waals surface area contributed by atoms with Crippen LogP contribution in [0, 0.1) is 17.4 Å². The van der Waals surface area contributed by atoms with Crippen molar-refractivity contribution in [3.63, 3.8) is 0 Å². The normalized spacial score (nSPS) is 10.2. The summed E-state index contributed by atoms with van der Waals surface area (Å²) >= 11 is 2.16. The Kier molecular flexibility index (Phi) is 5.61. The van der Waals surface area contributed by atoms with Gasteiger partial charge in [0.25, 0.3) is 5.91 Å². The Bertz CT molecular complexity index is 640. The van der Waals surface area contributed by atoms with E-state index >= 15 is 0 Å². The van der Waals surface area contributed by atoms with Crippen LogP contribution >= 0.6 is 22.6 Å². The van der Waals surface area contributed by atoms with Gasteiger partial charge in [0.1, 0.15) is 12.4 Å². The Morgan fingerprint density at radius 2 is 1.95 bits per heavy atom. The Morgan fingerprint density at radius 3 is 2.67 bits per heavy atom. The highest BCUT2D eigenvalue weighted by atomic mass is 127. The second-order valence-corrected chi connectivity index (χ2v) is 6.02. The Labute approximate surface area is 138 Å². The highest BCUT2D eigenvalue weighted by Crippen LogP contribution is 2.18. The van der Waals surface area contributed by atoms with E-state index in [-0.39, 0.29) is 5.91 Å². The minimum absolute atomic E-state index is 0.0655. The van der Waals surface area contributed by atoms with Gasteiger partial charge < -0.3 is 10.1 Å². The van der Waals surface area contributed by atoms with Gasteiger partial charge in [0.2, 0.25) is 0 Å². The summed E-state index contributed by atoms with van der Waals surface area (Å²) in [5.74, 6) is 0.799. The standard InChI is InChI=1S/C17H18INO2/c1-12-7-8-16(13(2)11-12)21-10-9-19-17(20)14-5-3-4-6-15(14)18/h3-8,11H,9-10H2,1-2H3,(H,19,20). The maximum absolute atomic E-state index is 12.0. The average Bonchev–Trinajstić information content (AvgIpc) is 2.45. The topological polar surface area (TPSA) is 38.3 Å². The first-order valence-electron chi connectivity index (χ1n) is 6.80. The molecule has 0 saturated heterocycles. The first-order valence-corrected chi connectivity index (χ1v) is 7.88. The van der Waals surface area contributed by atoms with Gasteiger partial charge in [-0.05, 0) is 60.2 Å². The number of aryl methyl sites for hydroxylation is 2. The first kappa shape index (κ1) is 15.8. The Balaban J connectivity index is 1.82. The molecule has 2 aromatic rings. The van der Waals surface area contributed by atoms with Gasteiger partial charge >= 0.3 is 0 Å². The summed E-state index contributed by atoms with van der Waals surface area (Å²) in [4.78, 5) is 12.0. The van der Waals surface area contributed by atoms with E-state index in [1.807, 2.05) is 43.3 Å². The fourth-order valence-electron chi connectivity index (χ4n) is 2.03. The summed E-state index contributed by atoms with van der Waals surface area (Å²) < 4.78 is 6.64. The summed E-state index contributed by atoms with van der Waals surface area (Å²) in [6.07, 6.45) is 0. The maximum atomic E-state index is 12.0. The van der Waals surface area contributed by atoms with Crippen LogP contribution in [0.25, 0.3) is 0 Å². The quantitative estimate of drug-likeness (QED) is 0.619. The minimum Gasteiger partial charge on any atom is -0.491 e. The molecule has 0 aliphatic rings. The number of carbonyl (C=O) groups excluding carboxylic acids is 1. The molecule has 0 aliphatic heterocycles. The molecule has 0 atom stereocenters. The number of halogens is 1. The van der Waals surface area contributed by atoms with Crippen molar-refractivity contribution in [2.24, 2.45) is 0 Å². The lowest BCUT2D eigenvalue weighted by Gasteiger charge is -2.11. The van der Waals surface area contributed by atoms with Crippen LogP contribution in [-0.4, -0.2) is 19.1 Å². The molecule has 1 N–H and O–H groups in total. The van der Waals surface area contributed by atoms with E-state index in [9.17, 15) is 4.79 Å². The van der Waals surface area contributed by atoms with Crippen LogP contribution in [0.4, 0.5) is 0 Å². The van der Waals surface area contributed by atoms with Gasteiger partial charge in [0, 0.05) is 3.57 Å². The Morgan fingerprint density at radius 1 is 1.19 bits per heavy atom. The lowest BCUT2D eigenvalue weighted by Crippen LogP contribution is -2.28. The fraction of sp³-hybridized carbons (Fsp3) is 0.235. The zero-order chi connectivity index (χ0) is 15.2. The fourth-order valence-corrected chi connectivity index (χ4v) is 2.66. The van der Waals surface area contributed by atoms with Gasteiger partial charge in [-0.25, -0.2) is 0 Å². The molecule has 0 saturated carbocycles. The number of benzene rings is 2. The van der Waals surface area contributed by atoms with E-state index < -0.39 is 0 Å². The van der Waals surface area contributed by atoms with E-state index in [1.54, 1.807) is 0 Å². The van der Waals surface area contributed by atoms with Crippen LogP contribution in [0.1, 0.15) is 21.5 Å². The van der Waals surface area contributed by atoms with E-state index in [4.69, 9.17) is 4.74 Å². The molecule has 2 rings (SSSR count). The molecule has 0 unspecified atom stereocenters. The lowest BCUT2D eigenvalue weighted by atomic mass is 10.1. The summed E-state index contributed by atoms with van der Waals surface area (Å²) in [5.41, 5.74) is 3.02. The van der Waals surface area contributed by atoms with Crippen molar-refractivity contribution in [1.29, 1.82) is 0 Å². The third-order valence-corrected chi connectivity index (χ3v) is 4.03. The molecule has 21 heavy (non-hydrogen) atoms. The number of rotatable bonds is 5. The van der Waals surface area contributed by atoms with Gasteiger partial charge in [-0.3, -0.25) is 4.79 Å². The van der Waals surface area contributed by atoms with Crippen molar-refractivity contribution in [2.45, 2.75) is 13.8 Å². The SMILES string of the molecule is Cc1ccc(OCCNC(=O)c2ccccc2I)c(C)c1. The van der Waals surface area contributed by atoms with Crippen LogP contribution < -0.4 is 10.1 Å². The van der Waals surface area contributed by atoms with Crippen molar-refractivity contribution in [3.8, 4) is 5.75 Å². The van der Waals surface area contributed by atoms with Crippen LogP contribution in [0.3, 0.4) is 0 Å². The van der Waals surface area contributed by atoms with E-state index in [2.05, 4.69) is 40.9 Å². The molecular formula is C17H18INO2. The smallest absolute Gasteiger partial charge is 0.252 e. The molecule has 0 fully saturated rings. The van der Waals surface area contributed by atoms with Gasteiger partial charge in [0.15, 0.2) is 0 Å². The molecule has 4 heteroatoms. The average molecular weight is 395 g/mol. The van der Waals surface area contributed by atoms with Crippen LogP contribution in [0.2, 0.25) is 0 Å². The lowest BCUT2D eigenvalue weighted by molar-refractivity contribution is 0.0946. The molecule has 110 valence electrons. The van der Waals surface area contributed by atoms with E-state index in [1.165, 1.54) is 5.56 Å². The van der Waals surface area contributed by atoms with E-state index in [0.29, 0.717) is 18.7 Å². The second kappa shape index (κ2) is 7.45. The predicted molar refractivity (Wildman–Crippen MR) is 92.9 cm³/mol. The van der Waals surface area contributed by atoms with Crippen LogP contribution in [-0.2, 0) is 0 Å². The van der Waals surface area contributed by atoms with Crippen molar-refractivity contribution >= 4 is 28.5 Å². The third-order valence-electron chi connectivity index (χ3n) is 3.09. The summed E-state index contributed by atoms with van der Waals surface area (Å²) in [6.45, 7) is 5.02. The number of ether oxygens (including phenoxy) is 1. The molecule has 0 aliphatic carbocycles. The van der Waals surface area contributed by atoms with Crippen molar-refractivity contribution in [3.05, 3.63) is 62.7 Å². The molecule has 0 heterocycles.